The molecule has 126 valence electrons. The van der Waals surface area contributed by atoms with Gasteiger partial charge in [0, 0.05) is 32.5 Å². The van der Waals surface area contributed by atoms with Gasteiger partial charge >= 0.3 is 0 Å². The normalized spacial score (nSPS) is 19.1. The third-order valence-electron chi connectivity index (χ3n) is 4.02. The molecule has 1 aromatic carbocycles. The lowest BCUT2D eigenvalue weighted by Crippen LogP contribution is -2.54. The quantitative estimate of drug-likeness (QED) is 0.836. The second-order valence-electron chi connectivity index (χ2n) is 6.00. The number of likely N-dealkylation sites (tertiary alicyclic amines) is 1. The van der Waals surface area contributed by atoms with Crippen molar-refractivity contribution in [2.24, 2.45) is 5.73 Å². The van der Waals surface area contributed by atoms with Crippen molar-refractivity contribution in [2.45, 2.75) is 38.3 Å². The number of nitrogens with zero attached hydrogens (tertiary/aromatic N) is 1. The third kappa shape index (κ3) is 4.96. The second kappa shape index (κ2) is 7.97. The van der Waals surface area contributed by atoms with E-state index in [9.17, 15) is 9.59 Å². The van der Waals surface area contributed by atoms with Crippen molar-refractivity contribution in [2.75, 3.05) is 20.2 Å². The van der Waals surface area contributed by atoms with E-state index in [1.807, 2.05) is 24.3 Å². The fourth-order valence-electron chi connectivity index (χ4n) is 2.91. The summed E-state index contributed by atoms with van der Waals surface area (Å²) in [5.41, 5.74) is 6.90. The molecule has 2 amide bonds. The molecule has 23 heavy (non-hydrogen) atoms. The zero-order valence-corrected chi connectivity index (χ0v) is 13.7. The number of hydrogen-bond donors (Lipinski definition) is 2. The molecule has 2 atom stereocenters. The second-order valence-corrected chi connectivity index (χ2v) is 6.00. The Kier molecular flexibility index (Phi) is 5.98. The number of nitrogens with one attached hydrogen (secondary N) is 1. The van der Waals surface area contributed by atoms with E-state index in [1.165, 1.54) is 6.92 Å². The summed E-state index contributed by atoms with van der Waals surface area (Å²) in [6, 6.07) is 6.96. The van der Waals surface area contributed by atoms with E-state index in [4.69, 9.17) is 10.5 Å². The summed E-state index contributed by atoms with van der Waals surface area (Å²) >= 11 is 0. The number of carbonyl (C=O) groups excluding carboxylic acids is 2. The minimum absolute atomic E-state index is 0.0162. The number of amides is 2. The smallest absolute Gasteiger partial charge is 0.245 e. The number of benzene rings is 1. The first-order valence-electron chi connectivity index (χ1n) is 7.94. The van der Waals surface area contributed by atoms with Crippen LogP contribution in [0.25, 0.3) is 0 Å². The highest BCUT2D eigenvalue weighted by atomic mass is 16.5. The summed E-state index contributed by atoms with van der Waals surface area (Å²) < 4.78 is 5.21. The summed E-state index contributed by atoms with van der Waals surface area (Å²) in [6.45, 7) is 2.67. The lowest BCUT2D eigenvalue weighted by atomic mass is 10.0. The van der Waals surface area contributed by atoms with Gasteiger partial charge in [-0.2, -0.15) is 0 Å². The minimum Gasteiger partial charge on any atom is -0.497 e. The molecule has 3 N–H and O–H groups in total. The average Bonchev–Trinajstić information content (AvgIpc) is 2.53. The SMILES string of the molecule is COc1cccc(C[C@H](NC(C)=O)C(=O)N2CCC[C@@H](N)C2)c1. The van der Waals surface area contributed by atoms with Gasteiger partial charge in [-0.05, 0) is 30.5 Å². The molecule has 0 aromatic heterocycles. The maximum absolute atomic E-state index is 12.8. The number of ether oxygens (including phenoxy) is 1. The monoisotopic (exact) mass is 319 g/mol. The van der Waals surface area contributed by atoms with Crippen LogP contribution in [0.15, 0.2) is 24.3 Å². The van der Waals surface area contributed by atoms with Crippen LogP contribution in [0.5, 0.6) is 5.75 Å². The molecule has 1 fully saturated rings. The topological polar surface area (TPSA) is 84.7 Å². The van der Waals surface area contributed by atoms with Crippen molar-refractivity contribution in [3.8, 4) is 5.75 Å². The van der Waals surface area contributed by atoms with Crippen molar-refractivity contribution >= 4 is 11.8 Å². The molecular weight excluding hydrogens is 294 g/mol. The Morgan fingerprint density at radius 1 is 1.48 bits per heavy atom. The van der Waals surface area contributed by atoms with Crippen LogP contribution in [-0.4, -0.2) is 49.0 Å². The van der Waals surface area contributed by atoms with Crippen molar-refractivity contribution in [1.29, 1.82) is 0 Å². The first-order chi connectivity index (χ1) is 11.0. The maximum atomic E-state index is 12.8. The Bertz CT molecular complexity index is 562. The minimum atomic E-state index is -0.579. The standard InChI is InChI=1S/C17H25N3O3/c1-12(21)19-16(10-13-5-3-7-15(9-13)23-2)17(22)20-8-4-6-14(18)11-20/h3,5,7,9,14,16H,4,6,8,10-11,18H2,1-2H3,(H,19,21)/t14-,16+/m1/s1. The van der Waals surface area contributed by atoms with Crippen LogP contribution in [0.1, 0.15) is 25.3 Å². The van der Waals surface area contributed by atoms with Crippen LogP contribution in [0, 0.1) is 0 Å². The average molecular weight is 319 g/mol. The van der Waals surface area contributed by atoms with Gasteiger partial charge in [0.1, 0.15) is 11.8 Å². The zero-order chi connectivity index (χ0) is 16.8. The highest BCUT2D eigenvalue weighted by Crippen LogP contribution is 2.16. The molecule has 6 heteroatoms. The van der Waals surface area contributed by atoms with E-state index >= 15 is 0 Å². The summed E-state index contributed by atoms with van der Waals surface area (Å²) in [7, 11) is 1.60. The van der Waals surface area contributed by atoms with Gasteiger partial charge in [0.2, 0.25) is 11.8 Å². The molecule has 0 unspecified atom stereocenters. The zero-order valence-electron chi connectivity index (χ0n) is 13.7. The van der Waals surface area contributed by atoms with Gasteiger partial charge in [0.15, 0.2) is 0 Å². The lowest BCUT2D eigenvalue weighted by molar-refractivity contribution is -0.137. The van der Waals surface area contributed by atoms with Crippen molar-refractivity contribution < 1.29 is 14.3 Å². The molecule has 0 spiro atoms. The first kappa shape index (κ1) is 17.3. The third-order valence-corrected chi connectivity index (χ3v) is 4.02. The van der Waals surface area contributed by atoms with Crippen molar-refractivity contribution in [1.82, 2.24) is 10.2 Å². The number of hydrogen-bond acceptors (Lipinski definition) is 4. The molecular formula is C17H25N3O3. The van der Waals surface area contributed by atoms with Crippen molar-refractivity contribution in [3.05, 3.63) is 29.8 Å². The fourth-order valence-corrected chi connectivity index (χ4v) is 2.91. The molecule has 1 saturated heterocycles. The first-order valence-corrected chi connectivity index (χ1v) is 7.94. The van der Waals surface area contributed by atoms with Crippen LogP contribution in [0.3, 0.4) is 0 Å². The van der Waals surface area contributed by atoms with Gasteiger partial charge in [-0.1, -0.05) is 12.1 Å². The Morgan fingerprint density at radius 3 is 2.91 bits per heavy atom. The Balaban J connectivity index is 2.12. The Morgan fingerprint density at radius 2 is 2.26 bits per heavy atom. The molecule has 0 bridgehead atoms. The highest BCUT2D eigenvalue weighted by molar-refractivity contribution is 5.87. The molecule has 1 heterocycles. The van der Waals surface area contributed by atoms with Gasteiger partial charge in [-0.3, -0.25) is 9.59 Å². The number of nitrogens with two attached hydrogens (primary N) is 1. The van der Waals surface area contributed by atoms with Gasteiger partial charge < -0.3 is 20.7 Å². The molecule has 1 aromatic rings. The van der Waals surface area contributed by atoms with E-state index in [0.29, 0.717) is 19.5 Å². The molecule has 1 aliphatic rings. The summed E-state index contributed by atoms with van der Waals surface area (Å²) in [6.07, 6.45) is 2.27. The predicted molar refractivity (Wildman–Crippen MR) is 88.1 cm³/mol. The lowest BCUT2D eigenvalue weighted by Gasteiger charge is -2.33. The van der Waals surface area contributed by atoms with E-state index < -0.39 is 6.04 Å². The molecule has 1 aliphatic heterocycles. The molecule has 2 rings (SSSR count). The van der Waals surface area contributed by atoms with E-state index in [-0.39, 0.29) is 17.9 Å². The van der Waals surface area contributed by atoms with Crippen molar-refractivity contribution in [3.63, 3.8) is 0 Å². The largest absolute Gasteiger partial charge is 0.497 e. The van der Waals surface area contributed by atoms with Gasteiger partial charge in [0.05, 0.1) is 7.11 Å². The maximum Gasteiger partial charge on any atom is 0.245 e. The van der Waals surface area contributed by atoms with Crippen LogP contribution < -0.4 is 15.8 Å². The molecule has 0 radical (unpaired) electrons. The Labute approximate surface area is 137 Å². The summed E-state index contributed by atoms with van der Waals surface area (Å²) in [5, 5.41) is 2.77. The predicted octanol–water partition coefficient (Wildman–Crippen LogP) is 0.692. The van der Waals surface area contributed by atoms with E-state index in [2.05, 4.69) is 5.32 Å². The van der Waals surface area contributed by atoms with E-state index in [1.54, 1.807) is 12.0 Å². The number of piperidine rings is 1. The number of rotatable bonds is 5. The number of methoxy groups -OCH3 is 1. The van der Waals surface area contributed by atoms with E-state index in [0.717, 1.165) is 24.2 Å². The van der Waals surface area contributed by atoms with Gasteiger partial charge in [-0.15, -0.1) is 0 Å². The van der Waals surface area contributed by atoms with Crippen LogP contribution >= 0.6 is 0 Å². The summed E-state index contributed by atoms with van der Waals surface area (Å²) in [4.78, 5) is 26.0. The molecule has 0 saturated carbocycles. The summed E-state index contributed by atoms with van der Waals surface area (Å²) in [5.74, 6) is 0.447. The Hall–Kier alpha value is -2.08. The van der Waals surface area contributed by atoms with Gasteiger partial charge in [0.25, 0.3) is 0 Å². The number of carbonyl (C=O) groups is 2. The molecule has 0 aliphatic carbocycles. The van der Waals surface area contributed by atoms with Crippen LogP contribution in [-0.2, 0) is 16.0 Å². The van der Waals surface area contributed by atoms with Crippen LogP contribution in [0.2, 0.25) is 0 Å². The van der Waals surface area contributed by atoms with Gasteiger partial charge in [-0.25, -0.2) is 0 Å². The molecule has 6 nitrogen and oxygen atoms in total. The highest BCUT2D eigenvalue weighted by Gasteiger charge is 2.28. The fraction of sp³-hybridized carbons (Fsp3) is 0.529. The van der Waals surface area contributed by atoms with Crippen LogP contribution in [0.4, 0.5) is 0 Å².